The highest BCUT2D eigenvalue weighted by atomic mass is 35.5. The summed E-state index contributed by atoms with van der Waals surface area (Å²) >= 11 is 6.30. The smallest absolute Gasteiger partial charge is 0.246 e. The van der Waals surface area contributed by atoms with Crippen molar-refractivity contribution < 1.29 is 18.7 Å². The van der Waals surface area contributed by atoms with Crippen molar-refractivity contribution in [3.05, 3.63) is 52.4 Å². The molecule has 2 aromatic rings. The normalized spacial score (nSPS) is 11.2. The first-order valence-corrected chi connectivity index (χ1v) is 8.70. The molecular weight excluding hydrogens is 354 g/mol. The Bertz CT molecular complexity index is 795. The predicted octanol–water partition coefficient (Wildman–Crippen LogP) is 4.71. The van der Waals surface area contributed by atoms with Crippen molar-refractivity contribution in [2.24, 2.45) is 0 Å². The summed E-state index contributed by atoms with van der Waals surface area (Å²) in [4.78, 5) is 13.9. The highest BCUT2D eigenvalue weighted by Crippen LogP contribution is 2.37. The molecule has 1 amide bonds. The molecule has 1 heterocycles. The molecule has 2 rings (SSSR count). The van der Waals surface area contributed by atoms with Crippen LogP contribution in [0.5, 0.6) is 11.5 Å². The van der Waals surface area contributed by atoms with Crippen LogP contribution in [0.3, 0.4) is 0 Å². The van der Waals surface area contributed by atoms with Gasteiger partial charge in [0.15, 0.2) is 11.5 Å². The van der Waals surface area contributed by atoms with E-state index in [9.17, 15) is 4.79 Å². The molecule has 0 aliphatic carbocycles. The molecule has 5 nitrogen and oxygen atoms in total. The van der Waals surface area contributed by atoms with E-state index in [2.05, 4.69) is 0 Å². The zero-order chi connectivity index (χ0) is 19.3. The van der Waals surface area contributed by atoms with Crippen molar-refractivity contribution in [2.45, 2.75) is 33.4 Å². The van der Waals surface area contributed by atoms with E-state index < -0.39 is 0 Å². The maximum atomic E-state index is 12.3. The molecule has 0 saturated carbocycles. The van der Waals surface area contributed by atoms with Gasteiger partial charge in [-0.1, -0.05) is 11.6 Å². The maximum absolute atomic E-state index is 12.3. The number of furan rings is 1. The van der Waals surface area contributed by atoms with E-state index in [0.29, 0.717) is 23.1 Å². The van der Waals surface area contributed by atoms with Crippen molar-refractivity contribution in [3.8, 4) is 11.5 Å². The predicted molar refractivity (Wildman–Crippen MR) is 103 cm³/mol. The third kappa shape index (κ3) is 5.30. The van der Waals surface area contributed by atoms with Crippen LogP contribution in [0, 0.1) is 6.92 Å². The van der Waals surface area contributed by atoms with Gasteiger partial charge in [-0.3, -0.25) is 4.79 Å². The first-order valence-electron chi connectivity index (χ1n) is 8.32. The third-order valence-electron chi connectivity index (χ3n) is 3.59. The molecule has 0 spiro atoms. The fourth-order valence-electron chi connectivity index (χ4n) is 2.36. The van der Waals surface area contributed by atoms with Gasteiger partial charge in [-0.2, -0.15) is 0 Å². The number of carbonyl (C=O) groups is 1. The van der Waals surface area contributed by atoms with Gasteiger partial charge < -0.3 is 18.8 Å². The molecular formula is C20H24ClNO4. The number of methoxy groups -OCH3 is 1. The number of hydrogen-bond acceptors (Lipinski definition) is 4. The molecule has 0 radical (unpaired) electrons. The number of ether oxygens (including phenoxy) is 2. The summed E-state index contributed by atoms with van der Waals surface area (Å²) in [6, 6.07) is 7.25. The van der Waals surface area contributed by atoms with Crippen LogP contribution in [0.25, 0.3) is 6.08 Å². The van der Waals surface area contributed by atoms with Gasteiger partial charge in [-0.25, -0.2) is 0 Å². The highest BCUT2D eigenvalue weighted by Gasteiger charge is 2.13. The number of amides is 1. The summed E-state index contributed by atoms with van der Waals surface area (Å²) in [6.45, 7) is 6.11. The Balaban J connectivity index is 2.11. The lowest BCUT2D eigenvalue weighted by Gasteiger charge is -2.16. The van der Waals surface area contributed by atoms with Gasteiger partial charge >= 0.3 is 0 Å². The summed E-state index contributed by atoms with van der Waals surface area (Å²) < 4.78 is 16.5. The Kier molecular flexibility index (Phi) is 6.75. The molecule has 6 heteroatoms. The summed E-state index contributed by atoms with van der Waals surface area (Å²) in [5.41, 5.74) is 0.749. The van der Waals surface area contributed by atoms with Crippen molar-refractivity contribution in [1.29, 1.82) is 0 Å². The van der Waals surface area contributed by atoms with Gasteiger partial charge in [-0.05, 0) is 56.7 Å². The number of halogens is 1. The van der Waals surface area contributed by atoms with E-state index in [1.165, 1.54) is 6.08 Å². The van der Waals surface area contributed by atoms with E-state index >= 15 is 0 Å². The van der Waals surface area contributed by atoms with E-state index in [0.717, 1.165) is 17.1 Å². The molecule has 26 heavy (non-hydrogen) atoms. The van der Waals surface area contributed by atoms with Crippen LogP contribution in [0.15, 0.2) is 34.8 Å². The average Bonchev–Trinajstić information content (AvgIpc) is 2.99. The lowest BCUT2D eigenvalue weighted by atomic mass is 10.1. The Morgan fingerprint density at radius 2 is 2.08 bits per heavy atom. The summed E-state index contributed by atoms with van der Waals surface area (Å²) in [5.74, 6) is 2.45. The molecule has 1 aromatic heterocycles. The zero-order valence-corrected chi connectivity index (χ0v) is 16.5. The van der Waals surface area contributed by atoms with Crippen molar-refractivity contribution in [1.82, 2.24) is 4.90 Å². The fourth-order valence-corrected chi connectivity index (χ4v) is 2.63. The van der Waals surface area contributed by atoms with Crippen molar-refractivity contribution in [2.75, 3.05) is 14.2 Å². The Hall–Kier alpha value is -2.40. The van der Waals surface area contributed by atoms with Crippen LogP contribution < -0.4 is 9.47 Å². The molecule has 0 atom stereocenters. The molecule has 0 bridgehead atoms. The Morgan fingerprint density at radius 3 is 2.65 bits per heavy atom. The van der Waals surface area contributed by atoms with Gasteiger partial charge in [-0.15, -0.1) is 0 Å². The lowest BCUT2D eigenvalue weighted by Crippen LogP contribution is -2.23. The first-order chi connectivity index (χ1) is 12.3. The number of aryl methyl sites for hydroxylation is 1. The molecule has 0 aliphatic rings. The fraction of sp³-hybridized carbons (Fsp3) is 0.350. The molecule has 0 N–H and O–H groups in total. The number of hydrogen-bond donors (Lipinski definition) is 0. The quantitative estimate of drug-likeness (QED) is 0.656. The minimum absolute atomic E-state index is 0.0248. The van der Waals surface area contributed by atoms with Crippen LogP contribution in [0.4, 0.5) is 0 Å². The number of nitrogens with zero attached hydrogens (tertiary/aromatic N) is 1. The van der Waals surface area contributed by atoms with Crippen LogP contribution in [0.2, 0.25) is 5.02 Å². The van der Waals surface area contributed by atoms with Crippen LogP contribution in [-0.4, -0.2) is 31.1 Å². The number of carbonyl (C=O) groups excluding carboxylic acids is 1. The van der Waals surface area contributed by atoms with E-state index in [-0.39, 0.29) is 12.0 Å². The second-order valence-electron chi connectivity index (χ2n) is 6.24. The zero-order valence-electron chi connectivity index (χ0n) is 15.7. The van der Waals surface area contributed by atoms with Gasteiger partial charge in [0.05, 0.1) is 24.8 Å². The monoisotopic (exact) mass is 377 g/mol. The van der Waals surface area contributed by atoms with Crippen molar-refractivity contribution >= 4 is 23.6 Å². The minimum Gasteiger partial charge on any atom is -0.493 e. The topological polar surface area (TPSA) is 51.9 Å². The van der Waals surface area contributed by atoms with Gasteiger partial charge in [0.25, 0.3) is 0 Å². The average molecular weight is 378 g/mol. The van der Waals surface area contributed by atoms with Crippen LogP contribution in [0.1, 0.15) is 30.9 Å². The molecule has 0 fully saturated rings. The second kappa shape index (κ2) is 8.81. The van der Waals surface area contributed by atoms with Gasteiger partial charge in [0.2, 0.25) is 5.91 Å². The maximum Gasteiger partial charge on any atom is 0.246 e. The van der Waals surface area contributed by atoms with Crippen molar-refractivity contribution in [3.63, 3.8) is 0 Å². The van der Waals surface area contributed by atoms with E-state index in [1.54, 1.807) is 37.3 Å². The van der Waals surface area contributed by atoms with Crippen LogP contribution >= 0.6 is 11.6 Å². The summed E-state index contributed by atoms with van der Waals surface area (Å²) in [5, 5.41) is 0.435. The lowest BCUT2D eigenvalue weighted by molar-refractivity contribution is -0.125. The molecule has 0 aliphatic heterocycles. The molecule has 140 valence electrons. The SMILES string of the molecule is COc1cc(/C=C/C(=O)N(C)Cc2ccc(C)o2)cc(Cl)c1OC(C)C. The summed E-state index contributed by atoms with van der Waals surface area (Å²) in [7, 11) is 3.27. The first kappa shape index (κ1) is 19.9. The second-order valence-corrected chi connectivity index (χ2v) is 6.65. The van der Waals surface area contributed by atoms with Gasteiger partial charge in [0, 0.05) is 13.1 Å². The standard InChI is InChI=1S/C20H24ClNO4/c1-13(2)25-20-17(21)10-15(11-18(20)24-5)7-9-19(23)22(4)12-16-8-6-14(3)26-16/h6-11,13H,12H2,1-5H3/b9-7+. The van der Waals surface area contributed by atoms with Gasteiger partial charge in [0.1, 0.15) is 11.5 Å². The molecule has 0 unspecified atom stereocenters. The number of rotatable bonds is 7. The number of benzene rings is 1. The van der Waals surface area contributed by atoms with Crippen LogP contribution in [-0.2, 0) is 11.3 Å². The molecule has 1 aromatic carbocycles. The highest BCUT2D eigenvalue weighted by molar-refractivity contribution is 6.32. The summed E-state index contributed by atoms with van der Waals surface area (Å²) in [6.07, 6.45) is 3.16. The molecule has 0 saturated heterocycles. The number of likely N-dealkylation sites (N-methyl/N-ethyl adjacent to an activating group) is 1. The Morgan fingerprint density at radius 1 is 1.35 bits per heavy atom. The Labute approximate surface area is 159 Å². The van der Waals surface area contributed by atoms with E-state index in [1.807, 2.05) is 32.9 Å². The minimum atomic E-state index is -0.142. The third-order valence-corrected chi connectivity index (χ3v) is 3.87. The van der Waals surface area contributed by atoms with E-state index in [4.69, 9.17) is 25.5 Å². The largest absolute Gasteiger partial charge is 0.493 e.